The zero-order valence-corrected chi connectivity index (χ0v) is 21.0. The van der Waals surface area contributed by atoms with Crippen LogP contribution in [0.1, 0.15) is 44.5 Å². The molecule has 0 saturated heterocycles. The fourth-order valence-electron chi connectivity index (χ4n) is 3.89. The van der Waals surface area contributed by atoms with E-state index in [0.29, 0.717) is 25.1 Å². The molecule has 0 amide bonds. The Morgan fingerprint density at radius 2 is 1.91 bits per heavy atom. The minimum Gasteiger partial charge on any atom is -0.508 e. The second-order valence-corrected chi connectivity index (χ2v) is 7.86. The number of aldehydes is 1. The van der Waals surface area contributed by atoms with Crippen molar-refractivity contribution < 1.29 is 24.5 Å². The molecule has 2 aliphatic rings. The van der Waals surface area contributed by atoms with Crippen LogP contribution in [0, 0.1) is 0 Å². The van der Waals surface area contributed by atoms with E-state index in [9.17, 15) is 19.8 Å². The van der Waals surface area contributed by atoms with Crippen LogP contribution in [0.3, 0.4) is 0 Å². The van der Waals surface area contributed by atoms with Gasteiger partial charge in [0.25, 0.3) is 0 Å². The van der Waals surface area contributed by atoms with Gasteiger partial charge in [-0.3, -0.25) is 4.79 Å². The third-order valence-electron chi connectivity index (χ3n) is 5.39. The summed E-state index contributed by atoms with van der Waals surface area (Å²) in [7, 11) is 5.75. The van der Waals surface area contributed by atoms with Gasteiger partial charge in [-0.1, -0.05) is 27.7 Å². The van der Waals surface area contributed by atoms with E-state index in [1.807, 2.05) is 64.7 Å². The molecule has 184 valence electrons. The number of hydrogen-bond donors (Lipinski definition) is 2. The summed E-state index contributed by atoms with van der Waals surface area (Å²) in [6, 6.07) is 5.42. The van der Waals surface area contributed by atoms with Crippen LogP contribution in [0.25, 0.3) is 16.6 Å². The summed E-state index contributed by atoms with van der Waals surface area (Å²) >= 11 is 0. The van der Waals surface area contributed by atoms with Gasteiger partial charge in [0.15, 0.2) is 6.10 Å². The van der Waals surface area contributed by atoms with Gasteiger partial charge in [0.1, 0.15) is 18.6 Å². The summed E-state index contributed by atoms with van der Waals surface area (Å²) in [5, 5.41) is 21.5. The average molecular weight is 470 g/mol. The highest BCUT2D eigenvalue weighted by molar-refractivity contribution is 5.91. The molecule has 3 heterocycles. The van der Waals surface area contributed by atoms with Crippen LogP contribution in [0.5, 0.6) is 5.75 Å². The van der Waals surface area contributed by atoms with Gasteiger partial charge in [0, 0.05) is 42.2 Å². The van der Waals surface area contributed by atoms with E-state index in [4.69, 9.17) is 9.72 Å². The first-order valence-electron chi connectivity index (χ1n) is 11.6. The Labute approximate surface area is 201 Å². The smallest absolute Gasteiger partial charge is 0.340 e. The van der Waals surface area contributed by atoms with Crippen molar-refractivity contribution in [3.8, 4) is 5.75 Å². The van der Waals surface area contributed by atoms with E-state index < -0.39 is 12.1 Å². The molecule has 1 aromatic carbocycles. The zero-order chi connectivity index (χ0) is 25.6. The number of cyclic esters (lactones) is 1. The lowest BCUT2D eigenvalue weighted by molar-refractivity contribution is -0.151. The van der Waals surface area contributed by atoms with Gasteiger partial charge in [0.05, 0.1) is 16.9 Å². The maximum atomic E-state index is 11.8. The van der Waals surface area contributed by atoms with Crippen molar-refractivity contribution in [2.24, 2.45) is 0 Å². The van der Waals surface area contributed by atoms with E-state index >= 15 is 0 Å². The van der Waals surface area contributed by atoms with Gasteiger partial charge in [-0.05, 0) is 43.9 Å². The van der Waals surface area contributed by atoms with Crippen LogP contribution in [0.2, 0.25) is 0 Å². The number of hydrogen-bond acceptors (Lipinski definition) is 8. The van der Waals surface area contributed by atoms with Gasteiger partial charge >= 0.3 is 5.97 Å². The van der Waals surface area contributed by atoms with E-state index in [2.05, 4.69) is 0 Å². The number of phenols is 1. The van der Waals surface area contributed by atoms with Crippen LogP contribution >= 0.6 is 0 Å². The molecule has 1 aromatic heterocycles. The summed E-state index contributed by atoms with van der Waals surface area (Å²) in [4.78, 5) is 31.9. The molecule has 8 nitrogen and oxygen atoms in total. The first-order chi connectivity index (χ1) is 16.3. The Morgan fingerprint density at radius 3 is 2.53 bits per heavy atom. The molecule has 2 aromatic rings. The van der Waals surface area contributed by atoms with Crippen LogP contribution in [0.4, 0.5) is 0 Å². The Bertz CT molecular complexity index is 1120. The fraction of sp³-hybridized carbons (Fsp3) is 0.423. The topological polar surface area (TPSA) is 103 Å². The molecular weight excluding hydrogens is 434 g/mol. The van der Waals surface area contributed by atoms with Gasteiger partial charge in [0.2, 0.25) is 0 Å². The lowest BCUT2D eigenvalue weighted by atomic mass is 9.99. The summed E-state index contributed by atoms with van der Waals surface area (Å²) in [6.45, 7) is 8.99. The molecule has 2 aliphatic heterocycles. The number of nitrogens with zero attached hydrogens (tertiary/aromatic N) is 3. The highest BCUT2D eigenvalue weighted by atomic mass is 16.5. The molecule has 4 rings (SSSR count). The summed E-state index contributed by atoms with van der Waals surface area (Å²) in [6.07, 6.45) is 0.732. The van der Waals surface area contributed by atoms with Crippen LogP contribution in [0.15, 0.2) is 35.4 Å². The van der Waals surface area contributed by atoms with Crippen LogP contribution < -0.4 is 0 Å². The molecule has 0 spiro atoms. The molecule has 0 radical (unpaired) electrons. The zero-order valence-electron chi connectivity index (χ0n) is 21.0. The number of esters is 1. The second kappa shape index (κ2) is 11.8. The highest BCUT2D eigenvalue weighted by Crippen LogP contribution is 2.36. The number of aromatic nitrogens is 1. The Morgan fingerprint density at radius 1 is 1.24 bits per heavy atom. The van der Waals surface area contributed by atoms with Crippen molar-refractivity contribution in [2.45, 2.75) is 46.9 Å². The van der Waals surface area contributed by atoms with E-state index in [0.717, 1.165) is 27.7 Å². The molecule has 0 saturated carbocycles. The van der Waals surface area contributed by atoms with Crippen LogP contribution in [-0.2, 0) is 27.4 Å². The van der Waals surface area contributed by atoms with Crippen molar-refractivity contribution in [1.82, 2.24) is 14.8 Å². The van der Waals surface area contributed by atoms with Gasteiger partial charge in [-0.15, -0.1) is 0 Å². The van der Waals surface area contributed by atoms with Crippen molar-refractivity contribution in [3.05, 3.63) is 52.2 Å². The van der Waals surface area contributed by atoms with Gasteiger partial charge < -0.3 is 24.7 Å². The Balaban J connectivity index is 0.000000970. The van der Waals surface area contributed by atoms with E-state index in [1.165, 1.54) is 0 Å². The average Bonchev–Trinajstić information content (AvgIpc) is 3.14. The van der Waals surface area contributed by atoms with Gasteiger partial charge in [-0.2, -0.15) is 0 Å². The summed E-state index contributed by atoms with van der Waals surface area (Å²) < 4.78 is 4.83. The maximum Gasteiger partial charge on any atom is 0.340 e. The lowest BCUT2D eigenvalue weighted by Gasteiger charge is -2.21. The third kappa shape index (κ3) is 5.29. The molecule has 8 heteroatoms. The molecule has 1 unspecified atom stereocenters. The fourth-order valence-corrected chi connectivity index (χ4v) is 3.89. The number of benzene rings is 1. The van der Waals surface area contributed by atoms with E-state index in [-0.39, 0.29) is 23.5 Å². The molecule has 0 aliphatic carbocycles. The largest absolute Gasteiger partial charge is 0.508 e. The number of carbonyl (C=O) groups is 2. The number of carbonyl (C=O) groups excluding carboxylic acids is 2. The Kier molecular flexibility index (Phi) is 9.35. The van der Waals surface area contributed by atoms with Crippen molar-refractivity contribution in [1.29, 1.82) is 0 Å². The number of aliphatic hydroxyl groups is 1. The monoisotopic (exact) mass is 469 g/mol. The first-order valence-corrected chi connectivity index (χ1v) is 11.6. The number of fused-ring (bicyclic) bond motifs is 2. The second-order valence-electron chi connectivity index (χ2n) is 7.86. The number of aliphatic hydroxyl groups excluding tert-OH is 1. The molecule has 2 N–H and O–H groups in total. The SMILES string of the molecule is CC.CC.CN(C)Cc1c(O)ccc2nc3c(cc12)CN(C)/C3=C\C1=C(C=O)COC(=O)C1O. The van der Waals surface area contributed by atoms with Crippen molar-refractivity contribution in [3.63, 3.8) is 0 Å². The number of pyridine rings is 1. The summed E-state index contributed by atoms with van der Waals surface area (Å²) in [5.41, 5.74) is 4.39. The maximum absolute atomic E-state index is 11.8. The predicted octanol–water partition coefficient (Wildman–Crippen LogP) is 3.25. The predicted molar refractivity (Wildman–Crippen MR) is 133 cm³/mol. The highest BCUT2D eigenvalue weighted by Gasteiger charge is 2.31. The molecule has 1 atom stereocenters. The molecule has 34 heavy (non-hydrogen) atoms. The third-order valence-corrected chi connectivity index (χ3v) is 5.39. The molecule has 0 bridgehead atoms. The minimum atomic E-state index is -1.51. The quantitative estimate of drug-likeness (QED) is 0.520. The standard InChI is InChI=1S/C22H23N3O5.2C2H6/c1-24(2)9-16-15-6-12-8-25(3)18(20(12)23-17(15)4-5-19(16)27)7-14-13(10-26)11-30-22(29)21(14)28;2*1-2/h4-7,10,21,27-28H,8-9,11H2,1-3H3;2*1-2H3/b18-7-;;. The summed E-state index contributed by atoms with van der Waals surface area (Å²) in [5.74, 6) is -0.548. The van der Waals surface area contributed by atoms with Gasteiger partial charge in [-0.25, -0.2) is 9.78 Å². The number of phenolic OH excluding ortho intramolecular Hbond substituents is 1. The molecular formula is C26H35N3O5. The number of aromatic hydroxyl groups is 1. The lowest BCUT2D eigenvalue weighted by Crippen LogP contribution is -2.32. The van der Waals surface area contributed by atoms with Crippen LogP contribution in [-0.4, -0.2) is 71.1 Å². The normalized spacial score (nSPS) is 18.3. The Hall–Kier alpha value is -3.23. The minimum absolute atomic E-state index is 0.159. The van der Waals surface area contributed by atoms with Crippen molar-refractivity contribution in [2.75, 3.05) is 27.7 Å². The molecule has 0 fully saturated rings. The van der Waals surface area contributed by atoms with E-state index in [1.54, 1.807) is 18.2 Å². The van der Waals surface area contributed by atoms with Crippen molar-refractivity contribution >= 4 is 28.9 Å². The number of rotatable bonds is 4. The number of ether oxygens (including phenoxy) is 1. The first kappa shape index (κ1) is 27.0.